The highest BCUT2D eigenvalue weighted by atomic mass is 16.5. The van der Waals surface area contributed by atoms with E-state index in [-0.39, 0.29) is 11.6 Å². The minimum Gasteiger partial charge on any atom is -0.481 e. The first-order chi connectivity index (χ1) is 13.5. The molecule has 0 aliphatic carbocycles. The van der Waals surface area contributed by atoms with Crippen LogP contribution in [0.4, 0.5) is 5.82 Å². The molecule has 2 heterocycles. The maximum atomic E-state index is 12.7. The topological polar surface area (TPSA) is 95.9 Å². The van der Waals surface area contributed by atoms with Crippen molar-refractivity contribution in [2.45, 2.75) is 26.4 Å². The van der Waals surface area contributed by atoms with Crippen molar-refractivity contribution in [3.05, 3.63) is 47.9 Å². The Morgan fingerprint density at radius 2 is 1.79 bits per heavy atom. The standard InChI is InChI=1S/C20H24N4O4/c1-3-15-4-6-16(7-5-15)28-14(2)19(25)24-10-8-23(9-11-24)18-13-21-17(12-22-18)20(26)27/h4-7,12-14H,3,8-11H2,1-2H3,(H,26,27). The Bertz CT molecular complexity index is 815. The zero-order chi connectivity index (χ0) is 20.1. The van der Waals surface area contributed by atoms with Gasteiger partial charge in [-0.3, -0.25) is 4.79 Å². The number of carboxylic acids is 1. The number of rotatable bonds is 6. The number of aromatic nitrogens is 2. The molecular formula is C20H24N4O4. The maximum Gasteiger partial charge on any atom is 0.356 e. The van der Waals surface area contributed by atoms with Gasteiger partial charge < -0.3 is 19.6 Å². The van der Waals surface area contributed by atoms with E-state index in [1.807, 2.05) is 29.2 Å². The number of hydrogen-bond donors (Lipinski definition) is 1. The van der Waals surface area contributed by atoms with Crippen LogP contribution in [0.5, 0.6) is 5.75 Å². The van der Waals surface area contributed by atoms with Crippen LogP contribution in [0.25, 0.3) is 0 Å². The molecule has 28 heavy (non-hydrogen) atoms. The molecule has 148 valence electrons. The van der Waals surface area contributed by atoms with Gasteiger partial charge in [-0.05, 0) is 31.0 Å². The molecule has 1 N–H and O–H groups in total. The van der Waals surface area contributed by atoms with Crippen LogP contribution in [0.3, 0.4) is 0 Å². The van der Waals surface area contributed by atoms with Crippen LogP contribution >= 0.6 is 0 Å². The first-order valence-corrected chi connectivity index (χ1v) is 9.32. The van der Waals surface area contributed by atoms with E-state index in [1.54, 1.807) is 11.8 Å². The van der Waals surface area contributed by atoms with E-state index in [4.69, 9.17) is 9.84 Å². The highest BCUT2D eigenvalue weighted by molar-refractivity contribution is 5.85. The smallest absolute Gasteiger partial charge is 0.356 e. The zero-order valence-electron chi connectivity index (χ0n) is 16.0. The SMILES string of the molecule is CCc1ccc(OC(C)C(=O)N2CCN(c3cnc(C(=O)O)cn3)CC2)cc1. The summed E-state index contributed by atoms with van der Waals surface area (Å²) in [7, 11) is 0. The molecule has 8 nitrogen and oxygen atoms in total. The van der Waals surface area contributed by atoms with Gasteiger partial charge in [-0.2, -0.15) is 0 Å². The molecule has 8 heteroatoms. The van der Waals surface area contributed by atoms with Crippen LogP contribution in [0.1, 0.15) is 29.9 Å². The lowest BCUT2D eigenvalue weighted by atomic mass is 10.2. The van der Waals surface area contributed by atoms with Crippen LogP contribution in [0, 0.1) is 0 Å². The minimum absolute atomic E-state index is 0.0495. The maximum absolute atomic E-state index is 12.7. The van der Waals surface area contributed by atoms with Crippen molar-refractivity contribution in [2.24, 2.45) is 0 Å². The van der Waals surface area contributed by atoms with Gasteiger partial charge >= 0.3 is 5.97 Å². The lowest BCUT2D eigenvalue weighted by Gasteiger charge is -2.36. The Morgan fingerprint density at radius 1 is 1.11 bits per heavy atom. The first kappa shape index (κ1) is 19.6. The highest BCUT2D eigenvalue weighted by Gasteiger charge is 2.26. The number of ether oxygens (including phenoxy) is 1. The summed E-state index contributed by atoms with van der Waals surface area (Å²) in [6.07, 6.45) is 3.10. The molecule has 0 spiro atoms. The van der Waals surface area contributed by atoms with E-state index in [0.717, 1.165) is 6.42 Å². The highest BCUT2D eigenvalue weighted by Crippen LogP contribution is 2.17. The summed E-state index contributed by atoms with van der Waals surface area (Å²) in [6, 6.07) is 7.78. The normalized spacial score (nSPS) is 15.2. The number of hydrogen-bond acceptors (Lipinski definition) is 6. The molecule has 0 radical (unpaired) electrons. The molecule has 1 aromatic heterocycles. The monoisotopic (exact) mass is 384 g/mol. The van der Waals surface area contributed by atoms with Crippen LogP contribution < -0.4 is 9.64 Å². The fraction of sp³-hybridized carbons (Fsp3) is 0.400. The molecule has 3 rings (SSSR count). The molecule has 0 saturated carbocycles. The van der Waals surface area contributed by atoms with Crippen LogP contribution in [0.15, 0.2) is 36.7 Å². The predicted octanol–water partition coefficient (Wildman–Crippen LogP) is 1.85. The number of benzene rings is 1. The van der Waals surface area contributed by atoms with E-state index in [1.165, 1.54) is 18.0 Å². The quantitative estimate of drug-likeness (QED) is 0.812. The van der Waals surface area contributed by atoms with Gasteiger partial charge in [0.1, 0.15) is 11.6 Å². The molecule has 1 unspecified atom stereocenters. The summed E-state index contributed by atoms with van der Waals surface area (Å²) in [5.41, 5.74) is 1.14. The second-order valence-electron chi connectivity index (χ2n) is 6.63. The van der Waals surface area contributed by atoms with Crippen molar-refractivity contribution in [3.63, 3.8) is 0 Å². The lowest BCUT2D eigenvalue weighted by molar-refractivity contribution is -0.138. The van der Waals surface area contributed by atoms with Crippen LogP contribution in [-0.2, 0) is 11.2 Å². The Labute approximate surface area is 163 Å². The number of carbonyl (C=O) groups excluding carboxylic acids is 1. The summed E-state index contributed by atoms with van der Waals surface area (Å²) in [5, 5.41) is 8.89. The number of carboxylic acid groups (broad SMARTS) is 1. The first-order valence-electron chi connectivity index (χ1n) is 9.32. The third-order valence-electron chi connectivity index (χ3n) is 4.76. The second kappa shape index (κ2) is 8.69. The average molecular weight is 384 g/mol. The van der Waals surface area contributed by atoms with Gasteiger partial charge in [0.15, 0.2) is 11.8 Å². The lowest BCUT2D eigenvalue weighted by Crippen LogP contribution is -2.52. The molecular weight excluding hydrogens is 360 g/mol. The van der Waals surface area contributed by atoms with Gasteiger partial charge in [-0.15, -0.1) is 0 Å². The molecule has 0 bridgehead atoms. The van der Waals surface area contributed by atoms with E-state index >= 15 is 0 Å². The number of aryl methyl sites for hydroxylation is 1. The van der Waals surface area contributed by atoms with E-state index in [2.05, 4.69) is 16.9 Å². The van der Waals surface area contributed by atoms with Crippen molar-refractivity contribution in [1.29, 1.82) is 0 Å². The number of nitrogens with zero attached hydrogens (tertiary/aromatic N) is 4. The molecule has 1 saturated heterocycles. The summed E-state index contributed by atoms with van der Waals surface area (Å²) < 4.78 is 5.79. The number of amides is 1. The van der Waals surface area contributed by atoms with Crippen molar-refractivity contribution in [2.75, 3.05) is 31.1 Å². The van der Waals surface area contributed by atoms with Gasteiger partial charge in [0.2, 0.25) is 0 Å². The molecule has 1 aliphatic heterocycles. The molecule has 1 atom stereocenters. The number of carbonyl (C=O) groups is 2. The molecule has 1 aliphatic rings. The fourth-order valence-corrected chi connectivity index (χ4v) is 3.07. The van der Waals surface area contributed by atoms with Crippen molar-refractivity contribution >= 4 is 17.7 Å². The predicted molar refractivity (Wildman–Crippen MR) is 104 cm³/mol. The van der Waals surface area contributed by atoms with Crippen molar-refractivity contribution < 1.29 is 19.4 Å². The Balaban J connectivity index is 1.53. The summed E-state index contributed by atoms with van der Waals surface area (Å²) in [6.45, 7) is 6.15. The van der Waals surface area contributed by atoms with Crippen molar-refractivity contribution in [1.82, 2.24) is 14.9 Å². The molecule has 2 aromatic rings. The van der Waals surface area contributed by atoms with Crippen LogP contribution in [0.2, 0.25) is 0 Å². The summed E-state index contributed by atoms with van der Waals surface area (Å²) in [4.78, 5) is 35.3. The number of anilines is 1. The number of aromatic carboxylic acids is 1. The van der Waals surface area contributed by atoms with Crippen molar-refractivity contribution in [3.8, 4) is 5.75 Å². The number of piperazine rings is 1. The van der Waals surface area contributed by atoms with E-state index in [9.17, 15) is 9.59 Å². The largest absolute Gasteiger partial charge is 0.481 e. The summed E-state index contributed by atoms with van der Waals surface area (Å²) >= 11 is 0. The van der Waals surface area contributed by atoms with Gasteiger partial charge in [0.05, 0.1) is 12.4 Å². The van der Waals surface area contributed by atoms with Gasteiger partial charge in [-0.1, -0.05) is 19.1 Å². The molecule has 1 fully saturated rings. The Kier molecular flexibility index (Phi) is 6.08. The Morgan fingerprint density at radius 3 is 2.32 bits per heavy atom. The average Bonchev–Trinajstić information content (AvgIpc) is 2.74. The van der Waals surface area contributed by atoms with E-state index in [0.29, 0.717) is 37.7 Å². The Hall–Kier alpha value is -3.16. The molecule has 1 aromatic carbocycles. The third kappa shape index (κ3) is 4.57. The minimum atomic E-state index is -1.10. The third-order valence-corrected chi connectivity index (χ3v) is 4.76. The molecule has 1 amide bonds. The van der Waals surface area contributed by atoms with E-state index < -0.39 is 12.1 Å². The second-order valence-corrected chi connectivity index (χ2v) is 6.63. The van der Waals surface area contributed by atoms with Gasteiger partial charge in [0, 0.05) is 26.2 Å². The summed E-state index contributed by atoms with van der Waals surface area (Å²) in [5.74, 6) is 0.141. The van der Waals surface area contributed by atoms with Gasteiger partial charge in [0.25, 0.3) is 5.91 Å². The zero-order valence-corrected chi connectivity index (χ0v) is 16.0. The van der Waals surface area contributed by atoms with Crippen LogP contribution in [-0.4, -0.2) is 64.1 Å². The fourth-order valence-electron chi connectivity index (χ4n) is 3.07. The van der Waals surface area contributed by atoms with Gasteiger partial charge in [-0.25, -0.2) is 14.8 Å².